The number of aliphatic imine (C=N–C) groups is 3. The lowest BCUT2D eigenvalue weighted by Crippen LogP contribution is -2.33. The molecule has 0 saturated heterocycles. The fourth-order valence-corrected chi connectivity index (χ4v) is 2.37. The van der Waals surface area contributed by atoms with E-state index in [1.54, 1.807) is 7.05 Å². The fraction of sp³-hybridized carbons (Fsp3) is 0.550. The van der Waals surface area contributed by atoms with Crippen LogP contribution < -0.4 is 0 Å². The highest BCUT2D eigenvalue weighted by atomic mass is 14.8. The number of hydrogen-bond acceptors (Lipinski definition) is 3. The molecule has 0 aliphatic carbocycles. The summed E-state index contributed by atoms with van der Waals surface area (Å²) in [5, 5.41) is 0. The summed E-state index contributed by atoms with van der Waals surface area (Å²) in [5.41, 5.74) is 4.09. The largest absolute Gasteiger partial charge is 0.296 e. The van der Waals surface area contributed by atoms with Gasteiger partial charge in [-0.25, -0.2) is 0 Å². The molecule has 0 amide bonds. The van der Waals surface area contributed by atoms with Gasteiger partial charge in [-0.2, -0.15) is 0 Å². The van der Waals surface area contributed by atoms with Gasteiger partial charge in [0.25, 0.3) is 0 Å². The minimum atomic E-state index is -0.223. The Morgan fingerprint density at radius 1 is 1.22 bits per heavy atom. The van der Waals surface area contributed by atoms with E-state index < -0.39 is 0 Å². The molecule has 0 spiro atoms. The molecule has 0 bridgehead atoms. The van der Waals surface area contributed by atoms with Gasteiger partial charge in [0.2, 0.25) is 0 Å². The van der Waals surface area contributed by atoms with Crippen LogP contribution in [0.2, 0.25) is 0 Å². The Balaban J connectivity index is 5.99. The van der Waals surface area contributed by atoms with Crippen LogP contribution in [0, 0.1) is 11.3 Å². The Labute approximate surface area is 142 Å². The van der Waals surface area contributed by atoms with Gasteiger partial charge in [0.1, 0.15) is 0 Å². The average Bonchev–Trinajstić information content (AvgIpc) is 2.55. The molecule has 0 rings (SSSR count). The average molecular weight is 316 g/mol. The van der Waals surface area contributed by atoms with Crippen molar-refractivity contribution in [3.63, 3.8) is 0 Å². The predicted molar refractivity (Wildman–Crippen MR) is 106 cm³/mol. The Bertz CT molecular complexity index is 547. The second-order valence-corrected chi connectivity index (χ2v) is 5.99. The van der Waals surface area contributed by atoms with Crippen LogP contribution in [0.3, 0.4) is 0 Å². The van der Waals surface area contributed by atoms with Crippen molar-refractivity contribution in [2.75, 3.05) is 13.6 Å². The van der Waals surface area contributed by atoms with Crippen LogP contribution in [0.4, 0.5) is 0 Å². The third-order valence-corrected chi connectivity index (χ3v) is 4.57. The molecule has 2 atom stereocenters. The third kappa shape index (κ3) is 5.74. The van der Waals surface area contributed by atoms with Crippen molar-refractivity contribution in [3.05, 3.63) is 35.6 Å². The number of allylic oxidation sites excluding steroid dienone is 5. The van der Waals surface area contributed by atoms with Crippen LogP contribution in [-0.2, 0) is 0 Å². The lowest BCUT2D eigenvalue weighted by atomic mass is 9.71. The maximum absolute atomic E-state index is 4.61. The van der Waals surface area contributed by atoms with E-state index in [-0.39, 0.29) is 11.3 Å². The van der Waals surface area contributed by atoms with Gasteiger partial charge in [-0.05, 0) is 51.7 Å². The second kappa shape index (κ2) is 10.1. The molecule has 0 saturated carbocycles. The van der Waals surface area contributed by atoms with E-state index in [1.165, 1.54) is 0 Å². The summed E-state index contributed by atoms with van der Waals surface area (Å²) in [6.45, 7) is 19.4. The van der Waals surface area contributed by atoms with Crippen LogP contribution in [0.1, 0.15) is 48.5 Å². The Hall–Kier alpha value is -1.77. The summed E-state index contributed by atoms with van der Waals surface area (Å²) in [5.74, 6) is 0.182. The maximum Gasteiger partial charge on any atom is 0.0423 e. The van der Waals surface area contributed by atoms with Crippen LogP contribution >= 0.6 is 0 Å². The Morgan fingerprint density at radius 2 is 1.83 bits per heavy atom. The smallest absolute Gasteiger partial charge is 0.0423 e. The first-order valence-electron chi connectivity index (χ1n) is 8.23. The molecule has 23 heavy (non-hydrogen) atoms. The van der Waals surface area contributed by atoms with E-state index in [2.05, 4.69) is 49.3 Å². The van der Waals surface area contributed by atoms with Crippen molar-refractivity contribution in [2.45, 2.75) is 48.5 Å². The number of nitrogens with zero attached hydrogens (tertiary/aromatic N) is 3. The first-order chi connectivity index (χ1) is 10.8. The summed E-state index contributed by atoms with van der Waals surface area (Å²) >= 11 is 0. The van der Waals surface area contributed by atoms with Crippen LogP contribution in [0.25, 0.3) is 0 Å². The molecule has 0 N–H and O–H groups in total. The van der Waals surface area contributed by atoms with Crippen molar-refractivity contribution in [2.24, 2.45) is 26.3 Å². The summed E-state index contributed by atoms with van der Waals surface area (Å²) in [4.78, 5) is 13.5. The van der Waals surface area contributed by atoms with Crippen LogP contribution in [-0.4, -0.2) is 31.7 Å². The van der Waals surface area contributed by atoms with E-state index in [0.29, 0.717) is 0 Å². The molecule has 3 heteroatoms. The molecule has 0 heterocycles. The molecule has 2 unspecified atom stereocenters. The van der Waals surface area contributed by atoms with Gasteiger partial charge in [0.15, 0.2) is 0 Å². The minimum Gasteiger partial charge on any atom is -0.296 e. The summed E-state index contributed by atoms with van der Waals surface area (Å²) < 4.78 is 0. The Morgan fingerprint density at radius 3 is 2.26 bits per heavy atom. The van der Waals surface area contributed by atoms with E-state index in [9.17, 15) is 0 Å². The third-order valence-electron chi connectivity index (χ3n) is 4.57. The monoisotopic (exact) mass is 315 g/mol. The number of rotatable bonds is 8. The number of hydrogen-bond donors (Lipinski definition) is 0. The van der Waals surface area contributed by atoms with Crippen molar-refractivity contribution in [1.82, 2.24) is 0 Å². The van der Waals surface area contributed by atoms with E-state index in [0.717, 1.165) is 29.1 Å². The minimum absolute atomic E-state index is 0.182. The fourth-order valence-electron chi connectivity index (χ4n) is 2.37. The van der Waals surface area contributed by atoms with Crippen LogP contribution in [0.5, 0.6) is 0 Å². The van der Waals surface area contributed by atoms with Crippen molar-refractivity contribution >= 4 is 18.1 Å². The zero-order valence-corrected chi connectivity index (χ0v) is 16.1. The molecule has 0 aliphatic rings. The predicted octanol–water partition coefficient (Wildman–Crippen LogP) is 5.31. The molecule has 0 aromatic heterocycles. The SMILES string of the molecule is C=CC(C)(/C(C)=N\CC)C(C)C(/C=N\C)=C(C)\N=C/C(C)=C\C. The van der Waals surface area contributed by atoms with E-state index >= 15 is 0 Å². The van der Waals surface area contributed by atoms with E-state index in [4.69, 9.17) is 0 Å². The van der Waals surface area contributed by atoms with Gasteiger partial charge in [-0.15, -0.1) is 6.58 Å². The maximum atomic E-state index is 4.61. The lowest BCUT2D eigenvalue weighted by Gasteiger charge is -2.34. The van der Waals surface area contributed by atoms with Crippen molar-refractivity contribution in [1.29, 1.82) is 0 Å². The topological polar surface area (TPSA) is 37.1 Å². The zero-order valence-electron chi connectivity index (χ0n) is 16.1. The van der Waals surface area contributed by atoms with Crippen LogP contribution in [0.15, 0.2) is 50.6 Å². The molecule has 0 aliphatic heterocycles. The zero-order chi connectivity index (χ0) is 18.0. The second-order valence-electron chi connectivity index (χ2n) is 5.99. The molecule has 0 fully saturated rings. The first kappa shape index (κ1) is 21.2. The van der Waals surface area contributed by atoms with Crippen molar-refractivity contribution < 1.29 is 0 Å². The highest BCUT2D eigenvalue weighted by Gasteiger charge is 2.33. The summed E-state index contributed by atoms with van der Waals surface area (Å²) in [7, 11) is 1.79. The molecule has 0 radical (unpaired) electrons. The quantitative estimate of drug-likeness (QED) is 0.430. The summed E-state index contributed by atoms with van der Waals surface area (Å²) in [6, 6.07) is 0. The van der Waals surface area contributed by atoms with Crippen molar-refractivity contribution in [3.8, 4) is 0 Å². The lowest BCUT2D eigenvalue weighted by molar-refractivity contribution is 0.444. The molecule has 3 nitrogen and oxygen atoms in total. The molecular weight excluding hydrogens is 282 g/mol. The standard InChI is InChI=1S/C20H33N3/c1-10-15(4)13-23-17(6)19(14-21-9)16(5)20(8,11-2)18(7)22-12-3/h10-11,13-14,16H,2,12H2,1,3-9H3/b15-10-,19-17-,21-14-,22-18-,23-13-. The Kier molecular flexibility index (Phi) is 9.31. The normalized spacial score (nSPS) is 19.0. The molecule has 128 valence electrons. The van der Waals surface area contributed by atoms with Gasteiger partial charge in [0, 0.05) is 42.8 Å². The van der Waals surface area contributed by atoms with E-state index in [1.807, 2.05) is 45.4 Å². The highest BCUT2D eigenvalue weighted by Crippen LogP contribution is 2.36. The van der Waals surface area contributed by atoms with Gasteiger partial charge in [0.05, 0.1) is 0 Å². The van der Waals surface area contributed by atoms with Gasteiger partial charge < -0.3 is 0 Å². The van der Waals surface area contributed by atoms with Gasteiger partial charge >= 0.3 is 0 Å². The molecular formula is C20H33N3. The highest BCUT2D eigenvalue weighted by molar-refractivity contribution is 5.92. The first-order valence-corrected chi connectivity index (χ1v) is 8.23. The molecule has 0 aromatic rings. The van der Waals surface area contributed by atoms with Gasteiger partial charge in [-0.1, -0.05) is 26.0 Å². The molecule has 0 aromatic carbocycles. The van der Waals surface area contributed by atoms with Gasteiger partial charge in [-0.3, -0.25) is 15.0 Å². The summed E-state index contributed by atoms with van der Waals surface area (Å²) in [6.07, 6.45) is 7.83.